The lowest BCUT2D eigenvalue weighted by molar-refractivity contribution is 0.0847. The maximum absolute atomic E-state index is 13.5. The van der Waals surface area contributed by atoms with Gasteiger partial charge in [-0.05, 0) is 71.6 Å². The highest BCUT2D eigenvalue weighted by atomic mass is 32.2. The van der Waals surface area contributed by atoms with Crippen LogP contribution >= 0.6 is 11.3 Å². The summed E-state index contributed by atoms with van der Waals surface area (Å²) in [5.74, 6) is 0.0905. The van der Waals surface area contributed by atoms with Crippen molar-refractivity contribution >= 4 is 33.0 Å². The first-order chi connectivity index (χ1) is 19.7. The molecular weight excluding hydrogens is 562 g/mol. The van der Waals surface area contributed by atoms with E-state index in [1.54, 1.807) is 36.9 Å². The Balaban J connectivity index is 1.39. The molecule has 1 aliphatic carbocycles. The van der Waals surface area contributed by atoms with Crippen molar-refractivity contribution in [3.05, 3.63) is 47.6 Å². The zero-order valence-electron chi connectivity index (χ0n) is 23.6. The molecule has 1 aliphatic heterocycles. The zero-order valence-corrected chi connectivity index (χ0v) is 25.2. The molecule has 0 radical (unpaired) electrons. The van der Waals surface area contributed by atoms with E-state index in [1.807, 2.05) is 6.92 Å². The number of piperidine rings is 1. The van der Waals surface area contributed by atoms with E-state index in [9.17, 15) is 13.2 Å². The number of amides is 1. The number of hydrogen-bond donors (Lipinski definition) is 2. The fourth-order valence-corrected chi connectivity index (χ4v) is 7.36. The Morgan fingerprint density at radius 3 is 2.76 bits per heavy atom. The first-order valence-electron chi connectivity index (χ1n) is 14.2. The molecule has 0 unspecified atom stereocenters. The van der Waals surface area contributed by atoms with Gasteiger partial charge in [0.1, 0.15) is 5.69 Å². The summed E-state index contributed by atoms with van der Waals surface area (Å²) in [6.45, 7) is 7.74. The number of hydrogen-bond acceptors (Lipinski definition) is 10. The summed E-state index contributed by atoms with van der Waals surface area (Å²) < 4.78 is 33.3. The molecule has 0 spiro atoms. The molecule has 0 aromatic carbocycles. The minimum Gasteiger partial charge on any atom is -0.477 e. The molecule has 2 fully saturated rings. The number of carbonyl (C=O) groups is 1. The summed E-state index contributed by atoms with van der Waals surface area (Å²) in [6.07, 6.45) is 11.7. The average Bonchev–Trinajstić information content (AvgIpc) is 3.71. The summed E-state index contributed by atoms with van der Waals surface area (Å²) in [4.78, 5) is 34.3. The molecule has 1 saturated carbocycles. The van der Waals surface area contributed by atoms with Gasteiger partial charge in [0.25, 0.3) is 5.91 Å². The Labute approximate surface area is 245 Å². The number of nitrogens with zero attached hydrogens (tertiary/aromatic N) is 5. The molecule has 41 heavy (non-hydrogen) atoms. The van der Waals surface area contributed by atoms with Crippen molar-refractivity contribution < 1.29 is 17.9 Å². The molecule has 3 aromatic heterocycles. The van der Waals surface area contributed by atoms with Gasteiger partial charge in [-0.15, -0.1) is 11.3 Å². The topological polar surface area (TPSA) is 139 Å². The average molecular weight is 600 g/mol. The molecule has 5 rings (SSSR count). The monoisotopic (exact) mass is 599 g/mol. The van der Waals surface area contributed by atoms with Gasteiger partial charge in [0.05, 0.1) is 46.6 Å². The van der Waals surface area contributed by atoms with Crippen LogP contribution < -0.4 is 14.8 Å². The van der Waals surface area contributed by atoms with E-state index < -0.39 is 16.1 Å². The number of pyridine rings is 1. The van der Waals surface area contributed by atoms with Crippen molar-refractivity contribution in [1.29, 1.82) is 0 Å². The highest BCUT2D eigenvalue weighted by Gasteiger charge is 2.36. The maximum atomic E-state index is 13.5. The van der Waals surface area contributed by atoms with Gasteiger partial charge in [-0.1, -0.05) is 6.42 Å². The Bertz CT molecular complexity index is 1460. The van der Waals surface area contributed by atoms with E-state index in [-0.39, 0.29) is 17.2 Å². The second-order valence-electron chi connectivity index (χ2n) is 10.8. The molecule has 1 amide bonds. The quantitative estimate of drug-likeness (QED) is 0.310. The summed E-state index contributed by atoms with van der Waals surface area (Å²) >= 11 is 1.23. The molecule has 2 N–H and O–H groups in total. The van der Waals surface area contributed by atoms with Gasteiger partial charge in [-0.25, -0.2) is 18.4 Å². The maximum Gasteiger partial charge on any atom is 0.280 e. The normalized spacial score (nSPS) is 18.7. The summed E-state index contributed by atoms with van der Waals surface area (Å²) in [7, 11) is -3.43. The minimum atomic E-state index is -3.43. The van der Waals surface area contributed by atoms with E-state index in [4.69, 9.17) is 4.74 Å². The van der Waals surface area contributed by atoms with Crippen LogP contribution in [0.2, 0.25) is 0 Å². The van der Waals surface area contributed by atoms with Crippen LogP contribution in [0.4, 0.5) is 5.69 Å². The lowest BCUT2D eigenvalue weighted by Gasteiger charge is -2.40. The van der Waals surface area contributed by atoms with Gasteiger partial charge in [0.2, 0.25) is 15.9 Å². The molecule has 0 bridgehead atoms. The standard InChI is InChI=1S/C28H37N7O4S2/c1-4-39-26-17-29-15-24(32-26)25-16-31-28(40-25)27(36)33-23(14-20-7-5-6-12-35(20)18(2)3)22-13-19(10-11-30-22)34-41(37,38)21-8-9-21/h10-11,13,15-18,20-21,23H,4-9,12,14H2,1-3H3,(H,30,34)(H,33,36)/t20-,23-/m0/s1. The summed E-state index contributed by atoms with van der Waals surface area (Å²) in [5, 5.41) is 3.12. The SMILES string of the molecule is CCOc1cncc(-c2cnc(C(=O)N[C@@H](C[C@@H]3CCCCN3C(C)C)c3cc(NS(=O)(=O)C4CC4)ccn3)s2)n1. The highest BCUT2D eigenvalue weighted by molar-refractivity contribution is 7.93. The second-order valence-corrected chi connectivity index (χ2v) is 13.8. The van der Waals surface area contributed by atoms with Crippen molar-refractivity contribution in [1.82, 2.24) is 30.2 Å². The van der Waals surface area contributed by atoms with E-state index in [0.29, 0.717) is 64.8 Å². The van der Waals surface area contributed by atoms with Gasteiger partial charge in [0, 0.05) is 24.5 Å². The number of sulfonamides is 1. The van der Waals surface area contributed by atoms with Crippen LogP contribution in [0, 0.1) is 0 Å². The molecule has 3 aromatic rings. The third-order valence-corrected chi connectivity index (χ3v) is 10.3. The van der Waals surface area contributed by atoms with Crippen molar-refractivity contribution in [2.75, 3.05) is 17.9 Å². The van der Waals surface area contributed by atoms with E-state index in [0.717, 1.165) is 25.8 Å². The first kappa shape index (κ1) is 29.3. The number of ether oxygens (including phenoxy) is 1. The van der Waals surface area contributed by atoms with Crippen LogP contribution in [-0.4, -0.2) is 69.6 Å². The van der Waals surface area contributed by atoms with Gasteiger partial charge in [-0.2, -0.15) is 0 Å². The Hall–Kier alpha value is -3.16. The number of likely N-dealkylation sites (tertiary alicyclic amines) is 1. The van der Waals surface area contributed by atoms with Crippen LogP contribution in [0.15, 0.2) is 36.9 Å². The third-order valence-electron chi connectivity index (χ3n) is 7.37. The molecule has 2 atom stereocenters. The van der Waals surface area contributed by atoms with Gasteiger partial charge in [0.15, 0.2) is 5.01 Å². The molecule has 2 aliphatic rings. The van der Waals surface area contributed by atoms with Crippen molar-refractivity contribution in [2.24, 2.45) is 0 Å². The number of rotatable bonds is 12. The van der Waals surface area contributed by atoms with Gasteiger partial charge in [-0.3, -0.25) is 24.4 Å². The number of nitrogens with one attached hydrogen (secondary N) is 2. The minimum absolute atomic E-state index is 0.256. The smallest absolute Gasteiger partial charge is 0.280 e. The third kappa shape index (κ3) is 7.38. The van der Waals surface area contributed by atoms with Gasteiger partial charge >= 0.3 is 0 Å². The zero-order chi connectivity index (χ0) is 29.0. The summed E-state index contributed by atoms with van der Waals surface area (Å²) in [6, 6.07) is 3.57. The predicted octanol–water partition coefficient (Wildman–Crippen LogP) is 4.42. The largest absolute Gasteiger partial charge is 0.477 e. The molecule has 220 valence electrons. The molecule has 4 heterocycles. The lowest BCUT2D eigenvalue weighted by Crippen LogP contribution is -2.46. The molecule has 1 saturated heterocycles. The van der Waals surface area contributed by atoms with Crippen LogP contribution in [-0.2, 0) is 10.0 Å². The fraction of sp³-hybridized carbons (Fsp3) is 0.536. The van der Waals surface area contributed by atoms with Crippen molar-refractivity contribution in [3.63, 3.8) is 0 Å². The van der Waals surface area contributed by atoms with Crippen LogP contribution in [0.25, 0.3) is 10.6 Å². The Morgan fingerprint density at radius 1 is 1.17 bits per heavy atom. The number of carbonyl (C=O) groups excluding carboxylic acids is 1. The first-order valence-corrected chi connectivity index (χ1v) is 16.5. The molecule has 11 nitrogen and oxygen atoms in total. The number of aromatic nitrogens is 4. The van der Waals surface area contributed by atoms with Crippen LogP contribution in [0.3, 0.4) is 0 Å². The van der Waals surface area contributed by atoms with Crippen LogP contribution in [0.5, 0.6) is 5.88 Å². The van der Waals surface area contributed by atoms with E-state index >= 15 is 0 Å². The van der Waals surface area contributed by atoms with Gasteiger partial charge < -0.3 is 10.1 Å². The molecule has 13 heteroatoms. The van der Waals surface area contributed by atoms with Crippen molar-refractivity contribution in [2.45, 2.75) is 82.7 Å². The molecular formula is C28H37N7O4S2. The second kappa shape index (κ2) is 12.8. The van der Waals surface area contributed by atoms with E-state index in [2.05, 4.69) is 48.7 Å². The summed E-state index contributed by atoms with van der Waals surface area (Å²) in [5.41, 5.74) is 1.64. The fourth-order valence-electron chi connectivity index (χ4n) is 5.21. The Kier molecular flexibility index (Phi) is 9.15. The van der Waals surface area contributed by atoms with Crippen LogP contribution in [0.1, 0.15) is 80.8 Å². The lowest BCUT2D eigenvalue weighted by atomic mass is 9.93. The Morgan fingerprint density at radius 2 is 2.00 bits per heavy atom. The predicted molar refractivity (Wildman–Crippen MR) is 158 cm³/mol. The van der Waals surface area contributed by atoms with Crippen molar-refractivity contribution in [3.8, 4) is 16.5 Å². The van der Waals surface area contributed by atoms with E-state index in [1.165, 1.54) is 11.3 Å². The highest BCUT2D eigenvalue weighted by Crippen LogP contribution is 2.32. The number of anilines is 1. The number of thiazole rings is 1.